The average Bonchev–Trinajstić information content (AvgIpc) is 2.54. The van der Waals surface area contributed by atoms with Crippen LogP contribution in [0.25, 0.3) is 0 Å². The molecule has 0 bridgehead atoms. The molecule has 12 unspecified atom stereocenters. The summed E-state index contributed by atoms with van der Waals surface area (Å²) in [4.78, 5) is 13.3. The summed E-state index contributed by atoms with van der Waals surface area (Å²) in [5.74, 6) is -0.230. The van der Waals surface area contributed by atoms with Gasteiger partial charge in [0, 0.05) is 6.42 Å². The third kappa shape index (κ3) is 41.3. The molecule has 510 valence electrons. The number of carbonyl (C=O) groups excluding carboxylic acids is 1. The maximum atomic E-state index is 13.3. The number of amides is 1. The van der Waals surface area contributed by atoms with Gasteiger partial charge in [-0.2, -0.15) is 0 Å². The minimum Gasteiger partial charge on any atom is -0.394 e. The highest BCUT2D eigenvalue weighted by Gasteiger charge is 2.51. The van der Waals surface area contributed by atoms with Crippen molar-refractivity contribution in [1.82, 2.24) is 5.32 Å². The molecule has 2 aliphatic rings. The lowest BCUT2D eigenvalue weighted by molar-refractivity contribution is -0.359. The summed E-state index contributed by atoms with van der Waals surface area (Å²) in [5, 5.41) is 87.4. The van der Waals surface area contributed by atoms with E-state index in [1.807, 2.05) is 6.08 Å². The Bertz CT molecular complexity index is 1490. The molecule has 2 rings (SSSR count). The van der Waals surface area contributed by atoms with Crippen molar-refractivity contribution >= 4 is 5.91 Å². The molecule has 2 fully saturated rings. The molecule has 2 aliphatic heterocycles. The van der Waals surface area contributed by atoms with Gasteiger partial charge in [-0.1, -0.05) is 334 Å². The second-order valence-corrected chi connectivity index (χ2v) is 26.4. The largest absolute Gasteiger partial charge is 0.394 e. The van der Waals surface area contributed by atoms with Crippen molar-refractivity contribution in [3.05, 3.63) is 12.2 Å². The average molecular weight is 1230 g/mol. The van der Waals surface area contributed by atoms with Crippen molar-refractivity contribution in [3.63, 3.8) is 0 Å². The molecule has 12 atom stereocenters. The monoisotopic (exact) mass is 1230 g/mol. The molecule has 2 saturated heterocycles. The number of aliphatic hydroxyl groups excluding tert-OH is 8. The van der Waals surface area contributed by atoms with Gasteiger partial charge < -0.3 is 65.1 Å². The molecule has 14 nitrogen and oxygen atoms in total. The first-order chi connectivity index (χ1) is 42.1. The summed E-state index contributed by atoms with van der Waals surface area (Å²) in [6.45, 7) is 2.86. The minimum atomic E-state index is -1.79. The van der Waals surface area contributed by atoms with Crippen molar-refractivity contribution in [2.24, 2.45) is 0 Å². The molecule has 1 amide bonds. The fourth-order valence-corrected chi connectivity index (χ4v) is 12.6. The highest BCUT2D eigenvalue weighted by atomic mass is 16.7. The van der Waals surface area contributed by atoms with E-state index < -0.39 is 86.8 Å². The molecule has 86 heavy (non-hydrogen) atoms. The number of unbranched alkanes of at least 4 members (excludes halogenated alkanes) is 49. The number of rotatable bonds is 62. The van der Waals surface area contributed by atoms with Crippen LogP contribution in [0.1, 0.15) is 348 Å². The molecular weight excluding hydrogens is 1090 g/mol. The summed E-state index contributed by atoms with van der Waals surface area (Å²) in [6.07, 6.45) is 54.3. The van der Waals surface area contributed by atoms with Crippen LogP contribution in [0.4, 0.5) is 0 Å². The molecule has 2 heterocycles. The fourth-order valence-electron chi connectivity index (χ4n) is 12.6. The lowest BCUT2D eigenvalue weighted by Crippen LogP contribution is -2.65. The first-order valence-electron chi connectivity index (χ1n) is 36.9. The van der Waals surface area contributed by atoms with E-state index in [0.717, 1.165) is 44.9 Å². The predicted molar refractivity (Wildman–Crippen MR) is 351 cm³/mol. The highest BCUT2D eigenvalue weighted by Crippen LogP contribution is 2.30. The van der Waals surface area contributed by atoms with Gasteiger partial charge in [0.2, 0.25) is 5.91 Å². The van der Waals surface area contributed by atoms with E-state index >= 15 is 0 Å². The second kappa shape index (κ2) is 57.6. The van der Waals surface area contributed by atoms with E-state index in [9.17, 15) is 45.6 Å². The van der Waals surface area contributed by atoms with E-state index in [2.05, 4.69) is 19.2 Å². The lowest BCUT2D eigenvalue weighted by Gasteiger charge is -2.46. The standard InChI is InChI=1S/C72H139NO13/c1-3-5-7-9-11-13-15-17-19-21-23-24-25-26-27-28-29-30-31-32-33-34-35-36-37-38-40-42-44-46-48-50-52-54-56-64(77)73-60(61(76)55-53-51-49-47-45-43-41-39-22-20-18-16-14-12-10-8-6-4-2)59-83-71-69(82)67(80)70(63(58-75)85-71)86-72-68(81)66(79)65(78)62(57-74)84-72/h53,55,60-63,65-72,74-76,78-82H,3-52,54,56-59H2,1-2H3,(H,73,77)/b55-53+. The summed E-state index contributed by atoms with van der Waals surface area (Å²) in [7, 11) is 0. The summed E-state index contributed by atoms with van der Waals surface area (Å²) in [6, 6.07) is -0.911. The van der Waals surface area contributed by atoms with Crippen molar-refractivity contribution in [1.29, 1.82) is 0 Å². The lowest BCUT2D eigenvalue weighted by atomic mass is 9.97. The normalized spacial score (nSPS) is 23.4. The zero-order chi connectivity index (χ0) is 62.3. The Kier molecular flexibility index (Phi) is 54.1. The number of allylic oxidation sites excluding steroid dienone is 1. The first kappa shape index (κ1) is 80.8. The zero-order valence-electron chi connectivity index (χ0n) is 55.6. The smallest absolute Gasteiger partial charge is 0.220 e. The van der Waals surface area contributed by atoms with E-state index in [4.69, 9.17) is 18.9 Å². The van der Waals surface area contributed by atoms with E-state index in [1.165, 1.54) is 283 Å². The summed E-state index contributed by atoms with van der Waals surface area (Å²) >= 11 is 0. The van der Waals surface area contributed by atoms with E-state index in [0.29, 0.717) is 0 Å². The Morgan fingerprint density at radius 3 is 1.07 bits per heavy atom. The van der Waals surface area contributed by atoms with Crippen LogP contribution in [0.5, 0.6) is 0 Å². The minimum absolute atomic E-state index is 0.230. The molecule has 9 N–H and O–H groups in total. The highest BCUT2D eigenvalue weighted by molar-refractivity contribution is 5.76. The molecule has 0 aliphatic carbocycles. The third-order valence-corrected chi connectivity index (χ3v) is 18.5. The maximum absolute atomic E-state index is 13.3. The van der Waals surface area contributed by atoms with Gasteiger partial charge >= 0.3 is 0 Å². The topological polar surface area (TPSA) is 228 Å². The number of hydrogen-bond donors (Lipinski definition) is 9. The van der Waals surface area contributed by atoms with Crippen LogP contribution in [0, 0.1) is 0 Å². The van der Waals surface area contributed by atoms with Gasteiger partial charge in [0.25, 0.3) is 0 Å². The molecule has 14 heteroatoms. The molecule has 0 aromatic heterocycles. The Balaban J connectivity index is 1.60. The quantitative estimate of drug-likeness (QED) is 0.0204. The van der Waals surface area contributed by atoms with Gasteiger partial charge in [0.05, 0.1) is 32.0 Å². The van der Waals surface area contributed by atoms with Crippen LogP contribution in [-0.2, 0) is 23.7 Å². The Morgan fingerprint density at radius 1 is 0.407 bits per heavy atom. The number of ether oxygens (including phenoxy) is 4. The number of hydrogen-bond acceptors (Lipinski definition) is 13. The molecule has 0 aromatic rings. The van der Waals surface area contributed by atoms with Crippen LogP contribution in [0.15, 0.2) is 12.2 Å². The fraction of sp³-hybridized carbons (Fsp3) is 0.958. The molecular formula is C72H139NO13. The van der Waals surface area contributed by atoms with Crippen molar-refractivity contribution in [3.8, 4) is 0 Å². The number of nitrogens with one attached hydrogen (secondary N) is 1. The molecule has 0 saturated carbocycles. The maximum Gasteiger partial charge on any atom is 0.220 e. The first-order valence-corrected chi connectivity index (χ1v) is 36.9. The SMILES string of the molecule is CCCCCCCCCCCCCCCCCC/C=C/C(O)C(COC1OC(CO)C(OC2OC(CO)C(O)C(O)C2O)C(O)C1O)NC(=O)CCCCCCCCCCCCCCCCCCCCCCCCCCCCCCCCCCCC. The van der Waals surface area contributed by atoms with Crippen molar-refractivity contribution in [2.75, 3.05) is 19.8 Å². The molecule has 0 spiro atoms. The molecule has 0 aromatic carbocycles. The van der Waals surface area contributed by atoms with Gasteiger partial charge in [0.15, 0.2) is 12.6 Å². The van der Waals surface area contributed by atoms with Gasteiger partial charge in [-0.25, -0.2) is 0 Å². The number of carbonyl (C=O) groups is 1. The van der Waals surface area contributed by atoms with E-state index in [-0.39, 0.29) is 18.9 Å². The van der Waals surface area contributed by atoms with Crippen LogP contribution in [-0.4, -0.2) is 140 Å². The van der Waals surface area contributed by atoms with Crippen LogP contribution in [0.3, 0.4) is 0 Å². The predicted octanol–water partition coefficient (Wildman–Crippen LogP) is 15.4. The zero-order valence-corrected chi connectivity index (χ0v) is 55.6. The summed E-state index contributed by atoms with van der Waals surface area (Å²) < 4.78 is 22.9. The van der Waals surface area contributed by atoms with Crippen LogP contribution in [0.2, 0.25) is 0 Å². The van der Waals surface area contributed by atoms with Crippen LogP contribution < -0.4 is 5.32 Å². The van der Waals surface area contributed by atoms with Crippen molar-refractivity contribution in [2.45, 2.75) is 421 Å². The van der Waals surface area contributed by atoms with E-state index in [1.54, 1.807) is 6.08 Å². The van der Waals surface area contributed by atoms with Gasteiger partial charge in [-0.15, -0.1) is 0 Å². The summed E-state index contributed by atoms with van der Waals surface area (Å²) in [5.41, 5.74) is 0. The second-order valence-electron chi connectivity index (χ2n) is 26.4. The Morgan fingerprint density at radius 2 is 0.721 bits per heavy atom. The van der Waals surface area contributed by atoms with Crippen molar-refractivity contribution < 1.29 is 64.6 Å². The van der Waals surface area contributed by atoms with Gasteiger partial charge in [0.1, 0.15) is 48.8 Å². The Hall–Kier alpha value is -1.27. The number of aliphatic hydroxyl groups is 8. The third-order valence-electron chi connectivity index (χ3n) is 18.5. The van der Waals surface area contributed by atoms with Gasteiger partial charge in [-0.3, -0.25) is 4.79 Å². The van der Waals surface area contributed by atoms with Crippen LogP contribution >= 0.6 is 0 Å². The Labute approximate surface area is 526 Å². The molecule has 0 radical (unpaired) electrons. The van der Waals surface area contributed by atoms with Gasteiger partial charge in [-0.05, 0) is 19.3 Å².